The minimum atomic E-state index is -3.00. The fourth-order valence-corrected chi connectivity index (χ4v) is 2.73. The molecule has 1 atom stereocenters. The molecule has 0 heterocycles. The van der Waals surface area contributed by atoms with Gasteiger partial charge in [0.1, 0.15) is 12.4 Å². The van der Waals surface area contributed by atoms with E-state index < -0.39 is 15.9 Å². The standard InChI is InChI=1S/C13H20O4S/c1-3-8-18(15,16)9-7-17-13-6-4-5-12(10-13)11(2)14/h4-6,10-11,14H,3,7-9H2,1-2H3/t11-/m0/s1. The Labute approximate surface area is 109 Å². The summed E-state index contributed by atoms with van der Waals surface area (Å²) in [6.45, 7) is 3.65. The van der Waals surface area contributed by atoms with Gasteiger partial charge in [-0.15, -0.1) is 0 Å². The molecule has 1 aromatic rings. The first kappa shape index (κ1) is 15.0. The van der Waals surface area contributed by atoms with Crippen LogP contribution in [0, 0.1) is 0 Å². The molecule has 5 heteroatoms. The number of benzene rings is 1. The molecule has 4 nitrogen and oxygen atoms in total. The van der Waals surface area contributed by atoms with Crippen molar-refractivity contribution < 1.29 is 18.3 Å². The molecule has 18 heavy (non-hydrogen) atoms. The van der Waals surface area contributed by atoms with Gasteiger partial charge in [0.2, 0.25) is 0 Å². The average molecular weight is 272 g/mol. The van der Waals surface area contributed by atoms with E-state index in [9.17, 15) is 13.5 Å². The minimum Gasteiger partial charge on any atom is -0.493 e. The van der Waals surface area contributed by atoms with Gasteiger partial charge in [0.15, 0.2) is 9.84 Å². The highest BCUT2D eigenvalue weighted by molar-refractivity contribution is 7.91. The average Bonchev–Trinajstić information content (AvgIpc) is 2.29. The first-order chi connectivity index (χ1) is 8.44. The predicted octanol–water partition coefficient (Wildman–Crippen LogP) is 1.94. The van der Waals surface area contributed by atoms with Crippen LogP contribution in [-0.4, -0.2) is 31.6 Å². The second-order valence-corrected chi connectivity index (χ2v) is 6.55. The number of hydrogen-bond donors (Lipinski definition) is 1. The summed E-state index contributed by atoms with van der Waals surface area (Å²) in [7, 11) is -3.00. The van der Waals surface area contributed by atoms with Crippen LogP contribution in [0.4, 0.5) is 0 Å². The zero-order valence-electron chi connectivity index (χ0n) is 10.8. The lowest BCUT2D eigenvalue weighted by Gasteiger charge is -2.09. The van der Waals surface area contributed by atoms with E-state index in [0.717, 1.165) is 5.56 Å². The van der Waals surface area contributed by atoms with Crippen LogP contribution in [0.15, 0.2) is 24.3 Å². The monoisotopic (exact) mass is 272 g/mol. The highest BCUT2D eigenvalue weighted by atomic mass is 32.2. The first-order valence-electron chi connectivity index (χ1n) is 6.06. The molecule has 0 spiro atoms. The third kappa shape index (κ3) is 5.06. The van der Waals surface area contributed by atoms with E-state index in [1.807, 2.05) is 6.92 Å². The van der Waals surface area contributed by atoms with Crippen LogP contribution in [0.25, 0.3) is 0 Å². The fourth-order valence-electron chi connectivity index (χ4n) is 1.56. The molecule has 0 saturated heterocycles. The Hall–Kier alpha value is -1.07. The zero-order valence-corrected chi connectivity index (χ0v) is 11.6. The van der Waals surface area contributed by atoms with Crippen molar-refractivity contribution >= 4 is 9.84 Å². The molecule has 0 aliphatic rings. The van der Waals surface area contributed by atoms with Crippen molar-refractivity contribution in [1.29, 1.82) is 0 Å². The lowest BCUT2D eigenvalue weighted by molar-refractivity contribution is 0.198. The van der Waals surface area contributed by atoms with Gasteiger partial charge in [0, 0.05) is 0 Å². The van der Waals surface area contributed by atoms with Crippen molar-refractivity contribution in [1.82, 2.24) is 0 Å². The second kappa shape index (κ2) is 6.75. The van der Waals surface area contributed by atoms with Crippen LogP contribution in [-0.2, 0) is 9.84 Å². The topological polar surface area (TPSA) is 63.6 Å². The third-order valence-corrected chi connectivity index (χ3v) is 4.34. The highest BCUT2D eigenvalue weighted by Gasteiger charge is 2.09. The van der Waals surface area contributed by atoms with Crippen molar-refractivity contribution in [2.45, 2.75) is 26.4 Å². The van der Waals surface area contributed by atoms with Crippen molar-refractivity contribution in [2.75, 3.05) is 18.1 Å². The maximum Gasteiger partial charge on any atom is 0.153 e. The van der Waals surface area contributed by atoms with E-state index >= 15 is 0 Å². The van der Waals surface area contributed by atoms with E-state index in [-0.39, 0.29) is 18.1 Å². The molecular weight excluding hydrogens is 252 g/mol. The summed E-state index contributed by atoms with van der Waals surface area (Å²) in [6, 6.07) is 7.04. The Morgan fingerprint density at radius 1 is 1.33 bits per heavy atom. The summed E-state index contributed by atoms with van der Waals surface area (Å²) in [5.74, 6) is 0.809. The molecule has 0 aromatic heterocycles. The van der Waals surface area contributed by atoms with Crippen molar-refractivity contribution in [3.05, 3.63) is 29.8 Å². The van der Waals surface area contributed by atoms with Crippen molar-refractivity contribution in [3.63, 3.8) is 0 Å². The quantitative estimate of drug-likeness (QED) is 0.824. The van der Waals surface area contributed by atoms with E-state index in [0.29, 0.717) is 12.2 Å². The minimum absolute atomic E-state index is 0.0275. The number of aliphatic hydroxyl groups excluding tert-OH is 1. The van der Waals surface area contributed by atoms with Gasteiger partial charge >= 0.3 is 0 Å². The summed E-state index contributed by atoms with van der Waals surface area (Å²) in [6.07, 6.45) is 0.0669. The Balaban J connectivity index is 2.52. The fraction of sp³-hybridized carbons (Fsp3) is 0.538. The lowest BCUT2D eigenvalue weighted by Crippen LogP contribution is -2.16. The van der Waals surface area contributed by atoms with E-state index in [2.05, 4.69) is 0 Å². The molecule has 0 unspecified atom stereocenters. The molecule has 1 aromatic carbocycles. The van der Waals surface area contributed by atoms with Crippen LogP contribution in [0.5, 0.6) is 5.75 Å². The van der Waals surface area contributed by atoms with Crippen LogP contribution >= 0.6 is 0 Å². The molecule has 102 valence electrons. The zero-order chi connectivity index (χ0) is 13.6. The van der Waals surface area contributed by atoms with Gasteiger partial charge in [-0.05, 0) is 31.0 Å². The highest BCUT2D eigenvalue weighted by Crippen LogP contribution is 2.18. The van der Waals surface area contributed by atoms with Gasteiger partial charge in [-0.1, -0.05) is 19.1 Å². The van der Waals surface area contributed by atoms with E-state index in [1.54, 1.807) is 31.2 Å². The van der Waals surface area contributed by atoms with Crippen LogP contribution < -0.4 is 4.74 Å². The molecule has 0 saturated carbocycles. The maximum atomic E-state index is 11.5. The number of ether oxygens (including phenoxy) is 1. The van der Waals surface area contributed by atoms with Crippen molar-refractivity contribution in [2.24, 2.45) is 0 Å². The first-order valence-corrected chi connectivity index (χ1v) is 7.88. The summed E-state index contributed by atoms with van der Waals surface area (Å²) < 4.78 is 28.3. The molecule has 0 aliphatic carbocycles. The number of rotatable bonds is 7. The van der Waals surface area contributed by atoms with Gasteiger partial charge in [-0.25, -0.2) is 8.42 Å². The molecule has 0 fully saturated rings. The van der Waals surface area contributed by atoms with Crippen LogP contribution in [0.1, 0.15) is 31.9 Å². The molecule has 0 bridgehead atoms. The number of hydrogen-bond acceptors (Lipinski definition) is 4. The summed E-state index contributed by atoms with van der Waals surface area (Å²) in [5, 5.41) is 9.42. The van der Waals surface area contributed by atoms with E-state index in [4.69, 9.17) is 4.74 Å². The largest absolute Gasteiger partial charge is 0.493 e. The molecule has 1 rings (SSSR count). The van der Waals surface area contributed by atoms with Gasteiger partial charge in [-0.2, -0.15) is 0 Å². The van der Waals surface area contributed by atoms with Crippen LogP contribution in [0.3, 0.4) is 0 Å². The summed E-state index contributed by atoms with van der Waals surface area (Å²) in [5.41, 5.74) is 0.754. The molecule has 0 amide bonds. The number of sulfone groups is 1. The molecule has 0 radical (unpaired) electrons. The smallest absolute Gasteiger partial charge is 0.153 e. The summed E-state index contributed by atoms with van der Waals surface area (Å²) in [4.78, 5) is 0. The van der Waals surface area contributed by atoms with Gasteiger partial charge in [0.05, 0.1) is 17.6 Å². The Bertz CT molecular complexity index is 466. The van der Waals surface area contributed by atoms with Gasteiger partial charge < -0.3 is 9.84 Å². The predicted molar refractivity (Wildman–Crippen MR) is 71.5 cm³/mol. The Morgan fingerprint density at radius 2 is 2.06 bits per heavy atom. The normalized spacial score (nSPS) is 13.3. The summed E-state index contributed by atoms with van der Waals surface area (Å²) >= 11 is 0. The third-order valence-electron chi connectivity index (χ3n) is 2.52. The Morgan fingerprint density at radius 3 is 2.67 bits per heavy atom. The lowest BCUT2D eigenvalue weighted by atomic mass is 10.1. The molecular formula is C13H20O4S. The molecule has 0 aliphatic heterocycles. The maximum absolute atomic E-state index is 11.5. The molecule has 1 N–H and O–H groups in total. The Kier molecular flexibility index (Phi) is 5.62. The van der Waals surface area contributed by atoms with Crippen molar-refractivity contribution in [3.8, 4) is 5.75 Å². The SMILES string of the molecule is CCCS(=O)(=O)CCOc1cccc([C@H](C)O)c1. The van der Waals surface area contributed by atoms with Gasteiger partial charge in [0.25, 0.3) is 0 Å². The second-order valence-electron chi connectivity index (χ2n) is 4.25. The number of aliphatic hydroxyl groups is 1. The van der Waals surface area contributed by atoms with E-state index in [1.165, 1.54) is 0 Å². The van der Waals surface area contributed by atoms with Gasteiger partial charge in [-0.3, -0.25) is 0 Å². The van der Waals surface area contributed by atoms with Crippen LogP contribution in [0.2, 0.25) is 0 Å².